The number of likely N-dealkylation sites (N-methyl/N-ethyl adjacent to an activating group) is 1. The molecule has 2 rings (SSSR count). The van der Waals surface area contributed by atoms with Gasteiger partial charge in [-0.2, -0.15) is 5.10 Å². The highest BCUT2D eigenvalue weighted by Crippen LogP contribution is 2.14. The molecule has 20 heavy (non-hydrogen) atoms. The second-order valence-electron chi connectivity index (χ2n) is 5.06. The second kappa shape index (κ2) is 5.86. The van der Waals surface area contributed by atoms with Crippen LogP contribution in [0.15, 0.2) is 24.5 Å². The summed E-state index contributed by atoms with van der Waals surface area (Å²) in [5.74, 6) is 0.0908. The van der Waals surface area contributed by atoms with E-state index >= 15 is 0 Å². The van der Waals surface area contributed by atoms with Crippen LogP contribution < -0.4 is 0 Å². The van der Waals surface area contributed by atoms with E-state index in [1.807, 2.05) is 44.8 Å². The minimum absolute atomic E-state index is 0.0908. The summed E-state index contributed by atoms with van der Waals surface area (Å²) in [5.41, 5.74) is 4.03. The molecule has 0 atom stereocenters. The molecule has 0 spiro atoms. The first kappa shape index (κ1) is 14.2. The SMILES string of the molecule is Cc1nn(C)c(C)c1CC(=O)N(C)Cc1cccnc1. The molecule has 0 fully saturated rings. The third-order valence-electron chi connectivity index (χ3n) is 3.56. The van der Waals surface area contributed by atoms with Gasteiger partial charge in [-0.1, -0.05) is 6.07 Å². The predicted octanol–water partition coefficient (Wildman–Crippen LogP) is 1.63. The lowest BCUT2D eigenvalue weighted by atomic mass is 10.1. The van der Waals surface area contributed by atoms with Gasteiger partial charge in [0.1, 0.15) is 0 Å². The molecular formula is C15H20N4O. The first-order valence-electron chi connectivity index (χ1n) is 6.61. The number of aromatic nitrogens is 3. The summed E-state index contributed by atoms with van der Waals surface area (Å²) in [6.07, 6.45) is 3.90. The highest BCUT2D eigenvalue weighted by molar-refractivity contribution is 5.79. The van der Waals surface area contributed by atoms with Crippen LogP contribution in [0.2, 0.25) is 0 Å². The third kappa shape index (κ3) is 3.04. The van der Waals surface area contributed by atoms with Crippen LogP contribution >= 0.6 is 0 Å². The first-order chi connectivity index (χ1) is 9.49. The van der Waals surface area contributed by atoms with Gasteiger partial charge in [-0.25, -0.2) is 0 Å². The van der Waals surface area contributed by atoms with E-state index < -0.39 is 0 Å². The summed E-state index contributed by atoms with van der Waals surface area (Å²) in [4.78, 5) is 18.1. The third-order valence-corrected chi connectivity index (χ3v) is 3.56. The molecule has 5 nitrogen and oxygen atoms in total. The molecule has 0 aliphatic heterocycles. The van der Waals surface area contributed by atoms with Crippen molar-refractivity contribution in [3.8, 4) is 0 Å². The number of amides is 1. The Kier molecular flexibility index (Phi) is 4.17. The molecule has 0 N–H and O–H groups in total. The molecule has 0 radical (unpaired) electrons. The number of nitrogens with zero attached hydrogens (tertiary/aromatic N) is 4. The van der Waals surface area contributed by atoms with Crippen molar-refractivity contribution in [1.82, 2.24) is 19.7 Å². The van der Waals surface area contributed by atoms with Gasteiger partial charge in [0.2, 0.25) is 5.91 Å². The quantitative estimate of drug-likeness (QED) is 0.850. The van der Waals surface area contributed by atoms with Gasteiger partial charge >= 0.3 is 0 Å². The van der Waals surface area contributed by atoms with Crippen LogP contribution in [0.1, 0.15) is 22.5 Å². The lowest BCUT2D eigenvalue weighted by Gasteiger charge is -2.17. The number of hydrogen-bond acceptors (Lipinski definition) is 3. The van der Waals surface area contributed by atoms with Crippen molar-refractivity contribution < 1.29 is 4.79 Å². The zero-order chi connectivity index (χ0) is 14.7. The Morgan fingerprint density at radius 2 is 2.15 bits per heavy atom. The largest absolute Gasteiger partial charge is 0.341 e. The summed E-state index contributed by atoms with van der Waals surface area (Å²) in [6, 6.07) is 3.85. The minimum atomic E-state index is 0.0908. The van der Waals surface area contributed by atoms with E-state index in [0.29, 0.717) is 13.0 Å². The summed E-state index contributed by atoms with van der Waals surface area (Å²) in [5, 5.41) is 4.34. The number of hydrogen-bond donors (Lipinski definition) is 0. The van der Waals surface area contributed by atoms with Crippen LogP contribution in [-0.2, 0) is 24.8 Å². The highest BCUT2D eigenvalue weighted by atomic mass is 16.2. The number of pyridine rings is 1. The normalized spacial score (nSPS) is 10.6. The topological polar surface area (TPSA) is 51.0 Å². The Bertz CT molecular complexity index is 604. The summed E-state index contributed by atoms with van der Waals surface area (Å²) in [6.45, 7) is 4.51. The van der Waals surface area contributed by atoms with Crippen LogP contribution in [-0.4, -0.2) is 32.6 Å². The maximum atomic E-state index is 12.3. The van der Waals surface area contributed by atoms with Crippen LogP contribution in [0.25, 0.3) is 0 Å². The van der Waals surface area contributed by atoms with Crippen molar-refractivity contribution in [2.24, 2.45) is 7.05 Å². The summed E-state index contributed by atoms with van der Waals surface area (Å²) in [7, 11) is 3.71. The van der Waals surface area contributed by atoms with E-state index in [0.717, 1.165) is 22.5 Å². The molecule has 5 heteroatoms. The van der Waals surface area contributed by atoms with Crippen LogP contribution in [0.4, 0.5) is 0 Å². The zero-order valence-corrected chi connectivity index (χ0v) is 12.4. The van der Waals surface area contributed by atoms with E-state index in [2.05, 4.69) is 10.1 Å². The fraction of sp³-hybridized carbons (Fsp3) is 0.400. The number of carbonyl (C=O) groups is 1. The van der Waals surface area contributed by atoms with Gasteiger partial charge < -0.3 is 4.90 Å². The Labute approximate surface area is 119 Å². The molecule has 0 aromatic carbocycles. The maximum absolute atomic E-state index is 12.3. The number of carbonyl (C=O) groups excluding carboxylic acids is 1. The second-order valence-corrected chi connectivity index (χ2v) is 5.06. The Balaban J connectivity index is 2.04. The maximum Gasteiger partial charge on any atom is 0.227 e. The monoisotopic (exact) mass is 272 g/mol. The van der Waals surface area contributed by atoms with Crippen molar-refractivity contribution >= 4 is 5.91 Å². The summed E-state index contributed by atoms with van der Waals surface area (Å²) < 4.78 is 1.82. The number of rotatable bonds is 4. The zero-order valence-electron chi connectivity index (χ0n) is 12.4. The molecule has 0 unspecified atom stereocenters. The molecule has 106 valence electrons. The Hall–Kier alpha value is -2.17. The minimum Gasteiger partial charge on any atom is -0.341 e. The fourth-order valence-corrected chi connectivity index (χ4v) is 2.21. The standard InChI is InChI=1S/C15H20N4O/c1-11-14(12(2)19(4)17-11)8-15(20)18(3)10-13-6-5-7-16-9-13/h5-7,9H,8,10H2,1-4H3. The van der Waals surface area contributed by atoms with Gasteiger partial charge in [0.05, 0.1) is 12.1 Å². The predicted molar refractivity (Wildman–Crippen MR) is 77.1 cm³/mol. The molecule has 2 heterocycles. The van der Waals surface area contributed by atoms with Crippen LogP contribution in [0.5, 0.6) is 0 Å². The van der Waals surface area contributed by atoms with Gasteiger partial charge in [0.25, 0.3) is 0 Å². The molecule has 1 amide bonds. The van der Waals surface area contributed by atoms with Crippen LogP contribution in [0.3, 0.4) is 0 Å². The van der Waals surface area contributed by atoms with Crippen molar-refractivity contribution in [2.75, 3.05) is 7.05 Å². The van der Waals surface area contributed by atoms with Crippen molar-refractivity contribution in [2.45, 2.75) is 26.8 Å². The molecule has 0 saturated heterocycles. The Morgan fingerprint density at radius 1 is 1.40 bits per heavy atom. The van der Waals surface area contributed by atoms with Crippen molar-refractivity contribution in [1.29, 1.82) is 0 Å². The molecule has 0 aliphatic rings. The Morgan fingerprint density at radius 3 is 2.70 bits per heavy atom. The van der Waals surface area contributed by atoms with Gasteiger partial charge in [0, 0.05) is 44.3 Å². The van der Waals surface area contributed by atoms with E-state index in [4.69, 9.17) is 0 Å². The van der Waals surface area contributed by atoms with Gasteiger partial charge in [-0.3, -0.25) is 14.5 Å². The van der Waals surface area contributed by atoms with Gasteiger partial charge in [0.15, 0.2) is 0 Å². The summed E-state index contributed by atoms with van der Waals surface area (Å²) >= 11 is 0. The molecule has 0 saturated carbocycles. The molecule has 0 bridgehead atoms. The number of aryl methyl sites for hydroxylation is 2. The van der Waals surface area contributed by atoms with E-state index in [-0.39, 0.29) is 5.91 Å². The lowest BCUT2D eigenvalue weighted by molar-refractivity contribution is -0.129. The van der Waals surface area contributed by atoms with E-state index in [9.17, 15) is 4.79 Å². The molecule has 2 aromatic rings. The average Bonchev–Trinajstić information content (AvgIpc) is 2.66. The first-order valence-corrected chi connectivity index (χ1v) is 6.61. The van der Waals surface area contributed by atoms with Crippen LogP contribution in [0, 0.1) is 13.8 Å². The van der Waals surface area contributed by atoms with E-state index in [1.54, 1.807) is 17.3 Å². The fourth-order valence-electron chi connectivity index (χ4n) is 2.21. The lowest BCUT2D eigenvalue weighted by Crippen LogP contribution is -2.28. The van der Waals surface area contributed by atoms with Gasteiger partial charge in [-0.15, -0.1) is 0 Å². The highest BCUT2D eigenvalue weighted by Gasteiger charge is 2.16. The van der Waals surface area contributed by atoms with E-state index in [1.165, 1.54) is 0 Å². The van der Waals surface area contributed by atoms with Gasteiger partial charge in [-0.05, 0) is 25.5 Å². The molecular weight excluding hydrogens is 252 g/mol. The van der Waals surface area contributed by atoms with Crippen molar-refractivity contribution in [3.05, 3.63) is 47.0 Å². The smallest absolute Gasteiger partial charge is 0.227 e. The molecule has 2 aromatic heterocycles. The average molecular weight is 272 g/mol. The van der Waals surface area contributed by atoms with Crippen molar-refractivity contribution in [3.63, 3.8) is 0 Å². The molecule has 0 aliphatic carbocycles.